The molecule has 0 radical (unpaired) electrons. The lowest BCUT2D eigenvalue weighted by Crippen LogP contribution is -2.39. The second-order valence-electron chi connectivity index (χ2n) is 4.99. The largest absolute Gasteiger partial charge is 0.394 e. The van der Waals surface area contributed by atoms with E-state index < -0.39 is 0 Å². The lowest BCUT2D eigenvalue weighted by atomic mass is 10.2. The summed E-state index contributed by atoms with van der Waals surface area (Å²) in [6.07, 6.45) is 2.00. The summed E-state index contributed by atoms with van der Waals surface area (Å²) in [7, 11) is 1.72. The summed E-state index contributed by atoms with van der Waals surface area (Å²) in [4.78, 5) is 13.7. The Kier molecular flexibility index (Phi) is 3.90. The summed E-state index contributed by atoms with van der Waals surface area (Å²) in [5, 5.41) is 10.3. The van der Waals surface area contributed by atoms with Gasteiger partial charge >= 0.3 is 0 Å². The van der Waals surface area contributed by atoms with Gasteiger partial charge in [0.25, 0.3) is 0 Å². The number of nitrogens with zero attached hydrogens (tertiary/aromatic N) is 2. The fraction of sp³-hybridized carbons (Fsp3) is 0.400. The molecule has 4 heteroatoms. The summed E-state index contributed by atoms with van der Waals surface area (Å²) in [6, 6.07) is 7.90. The zero-order valence-electron chi connectivity index (χ0n) is 11.6. The smallest absolute Gasteiger partial charge is 0.242 e. The fourth-order valence-corrected chi connectivity index (χ4v) is 2.19. The van der Waals surface area contributed by atoms with Crippen molar-refractivity contribution in [3.63, 3.8) is 0 Å². The van der Waals surface area contributed by atoms with Gasteiger partial charge in [-0.2, -0.15) is 0 Å². The SMILES string of the molecule is Cc1cn(CC(=O)N(C)C(C)CO)c2ccccc12. The fourth-order valence-electron chi connectivity index (χ4n) is 2.19. The number of para-hydroxylation sites is 1. The Morgan fingerprint density at radius 2 is 2.11 bits per heavy atom. The molecule has 0 bridgehead atoms. The number of likely N-dealkylation sites (N-methyl/N-ethyl adjacent to an activating group) is 1. The molecule has 102 valence electrons. The van der Waals surface area contributed by atoms with Crippen molar-refractivity contribution in [3.8, 4) is 0 Å². The lowest BCUT2D eigenvalue weighted by Gasteiger charge is -2.23. The van der Waals surface area contributed by atoms with Crippen molar-refractivity contribution in [1.82, 2.24) is 9.47 Å². The monoisotopic (exact) mass is 260 g/mol. The van der Waals surface area contributed by atoms with Crippen molar-refractivity contribution >= 4 is 16.8 Å². The third-order valence-corrected chi connectivity index (χ3v) is 3.61. The van der Waals surface area contributed by atoms with Crippen molar-refractivity contribution in [2.45, 2.75) is 26.4 Å². The van der Waals surface area contributed by atoms with Gasteiger partial charge < -0.3 is 14.6 Å². The van der Waals surface area contributed by atoms with Gasteiger partial charge in [-0.15, -0.1) is 0 Å². The third-order valence-electron chi connectivity index (χ3n) is 3.61. The van der Waals surface area contributed by atoms with Crippen molar-refractivity contribution in [1.29, 1.82) is 0 Å². The first kappa shape index (κ1) is 13.6. The lowest BCUT2D eigenvalue weighted by molar-refractivity contribution is -0.132. The average Bonchev–Trinajstić information content (AvgIpc) is 2.74. The average molecular weight is 260 g/mol. The van der Waals surface area contributed by atoms with Gasteiger partial charge in [0.2, 0.25) is 5.91 Å². The third kappa shape index (κ3) is 2.63. The van der Waals surface area contributed by atoms with E-state index >= 15 is 0 Å². The van der Waals surface area contributed by atoms with Gasteiger partial charge in [-0.25, -0.2) is 0 Å². The minimum atomic E-state index is -0.157. The topological polar surface area (TPSA) is 45.5 Å². The summed E-state index contributed by atoms with van der Waals surface area (Å²) in [6.45, 7) is 4.16. The number of aromatic nitrogens is 1. The molecule has 1 atom stereocenters. The molecule has 2 aromatic rings. The number of hydrogen-bond donors (Lipinski definition) is 1. The number of benzene rings is 1. The van der Waals surface area contributed by atoms with Crippen LogP contribution in [0.25, 0.3) is 10.9 Å². The first-order valence-corrected chi connectivity index (χ1v) is 6.45. The van der Waals surface area contributed by atoms with Crippen LogP contribution in [0.4, 0.5) is 0 Å². The highest BCUT2D eigenvalue weighted by molar-refractivity contribution is 5.86. The Bertz CT molecular complexity index is 589. The van der Waals surface area contributed by atoms with Gasteiger partial charge in [-0.1, -0.05) is 18.2 Å². The first-order chi connectivity index (χ1) is 9.04. The van der Waals surface area contributed by atoms with Gasteiger partial charge in [0.15, 0.2) is 0 Å². The molecule has 1 N–H and O–H groups in total. The summed E-state index contributed by atoms with van der Waals surface area (Å²) >= 11 is 0. The van der Waals surface area contributed by atoms with Crippen LogP contribution in [0.1, 0.15) is 12.5 Å². The summed E-state index contributed by atoms with van der Waals surface area (Å²) in [5.41, 5.74) is 2.24. The molecule has 0 aliphatic heterocycles. The van der Waals surface area contributed by atoms with Crippen LogP contribution in [0.15, 0.2) is 30.5 Å². The van der Waals surface area contributed by atoms with E-state index in [1.54, 1.807) is 11.9 Å². The zero-order valence-corrected chi connectivity index (χ0v) is 11.6. The van der Waals surface area contributed by atoms with Crippen LogP contribution in [-0.4, -0.2) is 40.2 Å². The number of aryl methyl sites for hydroxylation is 1. The maximum absolute atomic E-state index is 12.2. The number of hydrogen-bond acceptors (Lipinski definition) is 2. The van der Waals surface area contributed by atoms with Crippen LogP contribution >= 0.6 is 0 Å². The normalized spacial score (nSPS) is 12.6. The number of amides is 1. The van der Waals surface area contributed by atoms with Gasteiger partial charge in [0.1, 0.15) is 6.54 Å². The Hall–Kier alpha value is -1.81. The highest BCUT2D eigenvalue weighted by Crippen LogP contribution is 2.20. The number of fused-ring (bicyclic) bond motifs is 1. The van der Waals surface area contributed by atoms with Crippen LogP contribution in [0.2, 0.25) is 0 Å². The predicted octanol–water partition coefficient (Wildman–Crippen LogP) is 1.79. The molecule has 0 spiro atoms. The van der Waals surface area contributed by atoms with E-state index in [4.69, 9.17) is 5.11 Å². The summed E-state index contributed by atoms with van der Waals surface area (Å²) < 4.78 is 1.97. The van der Waals surface area contributed by atoms with E-state index in [0.717, 1.165) is 5.52 Å². The number of rotatable bonds is 4. The Balaban J connectivity index is 2.24. The second kappa shape index (κ2) is 5.45. The van der Waals surface area contributed by atoms with Gasteiger partial charge in [0, 0.05) is 24.1 Å². The van der Waals surface area contributed by atoms with Crippen molar-refractivity contribution in [2.75, 3.05) is 13.7 Å². The molecule has 19 heavy (non-hydrogen) atoms. The molecule has 0 saturated carbocycles. The molecule has 1 amide bonds. The number of aliphatic hydroxyl groups excluding tert-OH is 1. The van der Waals surface area contributed by atoms with E-state index in [-0.39, 0.29) is 18.6 Å². The molecule has 4 nitrogen and oxygen atoms in total. The standard InChI is InChI=1S/C15H20N2O2/c1-11-8-17(14-7-5-4-6-13(11)14)9-15(19)16(3)12(2)10-18/h4-8,12,18H,9-10H2,1-3H3. The van der Waals surface area contributed by atoms with Crippen LogP contribution < -0.4 is 0 Å². The molecule has 0 aliphatic carbocycles. The van der Waals surface area contributed by atoms with Crippen LogP contribution in [0.3, 0.4) is 0 Å². The van der Waals surface area contributed by atoms with Gasteiger partial charge in [-0.3, -0.25) is 4.79 Å². The maximum atomic E-state index is 12.2. The van der Waals surface area contributed by atoms with Crippen molar-refractivity contribution < 1.29 is 9.90 Å². The minimum absolute atomic E-state index is 0.00213. The van der Waals surface area contributed by atoms with Gasteiger partial charge in [-0.05, 0) is 25.5 Å². The van der Waals surface area contributed by atoms with E-state index in [0.29, 0.717) is 6.54 Å². The van der Waals surface area contributed by atoms with E-state index in [2.05, 4.69) is 6.07 Å². The Labute approximate surface area is 113 Å². The van der Waals surface area contributed by atoms with Gasteiger partial charge in [0.05, 0.1) is 12.6 Å². The molecular formula is C15H20N2O2. The quantitative estimate of drug-likeness (QED) is 0.911. The molecule has 0 aliphatic rings. The highest BCUT2D eigenvalue weighted by Gasteiger charge is 2.16. The Morgan fingerprint density at radius 1 is 1.42 bits per heavy atom. The number of aliphatic hydroxyl groups is 1. The molecule has 1 heterocycles. The molecule has 2 rings (SSSR count). The molecular weight excluding hydrogens is 240 g/mol. The highest BCUT2D eigenvalue weighted by atomic mass is 16.3. The molecule has 1 unspecified atom stereocenters. The molecule has 1 aromatic heterocycles. The van der Waals surface area contributed by atoms with Crippen LogP contribution in [0, 0.1) is 6.92 Å². The van der Waals surface area contributed by atoms with Crippen LogP contribution in [-0.2, 0) is 11.3 Å². The number of carbonyl (C=O) groups is 1. The predicted molar refractivity (Wildman–Crippen MR) is 76.0 cm³/mol. The number of carbonyl (C=O) groups excluding carboxylic acids is 1. The van der Waals surface area contributed by atoms with Crippen molar-refractivity contribution in [3.05, 3.63) is 36.0 Å². The van der Waals surface area contributed by atoms with Crippen LogP contribution in [0.5, 0.6) is 0 Å². The maximum Gasteiger partial charge on any atom is 0.242 e. The van der Waals surface area contributed by atoms with E-state index in [9.17, 15) is 4.79 Å². The minimum Gasteiger partial charge on any atom is -0.394 e. The first-order valence-electron chi connectivity index (χ1n) is 6.45. The van der Waals surface area contributed by atoms with Crippen molar-refractivity contribution in [2.24, 2.45) is 0 Å². The van der Waals surface area contributed by atoms with E-state index in [1.807, 2.05) is 42.8 Å². The Morgan fingerprint density at radius 3 is 2.79 bits per heavy atom. The summed E-state index contributed by atoms with van der Waals surface area (Å²) in [5.74, 6) is 0.00213. The van der Waals surface area contributed by atoms with E-state index in [1.165, 1.54) is 10.9 Å². The zero-order chi connectivity index (χ0) is 14.0. The molecule has 0 saturated heterocycles. The molecule has 0 fully saturated rings. The molecule has 1 aromatic carbocycles. The second-order valence-corrected chi connectivity index (χ2v) is 4.99.